The van der Waals surface area contributed by atoms with E-state index in [2.05, 4.69) is 15.5 Å². The molecule has 7 heteroatoms. The maximum Gasteiger partial charge on any atom is 0.325 e. The smallest absolute Gasteiger partial charge is 0.325 e. The summed E-state index contributed by atoms with van der Waals surface area (Å²) in [4.78, 5) is 12.0. The second-order valence-electron chi connectivity index (χ2n) is 7.12. The predicted octanol–water partition coefficient (Wildman–Crippen LogP) is 4.82. The topological polar surface area (TPSA) is 88.0 Å². The van der Waals surface area contributed by atoms with Crippen molar-refractivity contribution in [2.45, 2.75) is 13.8 Å². The number of aromatic nitrogens is 2. The number of nitrogens with one attached hydrogen (secondary N) is 2. The zero-order valence-corrected chi connectivity index (χ0v) is 17.6. The molecule has 0 amide bonds. The van der Waals surface area contributed by atoms with Gasteiger partial charge in [-0.3, -0.25) is 10.2 Å². The van der Waals surface area contributed by atoms with Crippen LogP contribution in [0.2, 0.25) is 5.02 Å². The molecule has 6 nitrogen and oxygen atoms in total. The highest BCUT2D eigenvalue weighted by atomic mass is 35.5. The average molecular weight is 423 g/mol. The number of halogens is 1. The van der Waals surface area contributed by atoms with Gasteiger partial charge in [0.15, 0.2) is 5.82 Å². The molecule has 1 heterocycles. The first-order valence-corrected chi connectivity index (χ1v) is 10.0. The molecule has 3 rings (SSSR count). The van der Waals surface area contributed by atoms with Crippen LogP contribution in [0.5, 0.6) is 0 Å². The number of rotatable bonds is 8. The SMILES string of the molecule is CC(C)COC(=O)CNc1nnc(-c2ccccc2)c(Cl)c1C(=N)c1ccccc1. The number of ether oxygens (including phenoxy) is 1. The van der Waals surface area contributed by atoms with Crippen LogP contribution in [0.4, 0.5) is 5.82 Å². The van der Waals surface area contributed by atoms with E-state index in [1.54, 1.807) is 0 Å². The van der Waals surface area contributed by atoms with E-state index >= 15 is 0 Å². The summed E-state index contributed by atoms with van der Waals surface area (Å²) in [5.74, 6) is 0.0937. The van der Waals surface area contributed by atoms with Crippen LogP contribution < -0.4 is 5.32 Å². The van der Waals surface area contributed by atoms with Gasteiger partial charge in [0, 0.05) is 11.1 Å². The first-order chi connectivity index (χ1) is 14.5. The summed E-state index contributed by atoms with van der Waals surface area (Å²) >= 11 is 6.71. The Morgan fingerprint density at radius 1 is 1.07 bits per heavy atom. The number of nitrogens with zero attached hydrogens (tertiary/aromatic N) is 2. The molecule has 154 valence electrons. The van der Waals surface area contributed by atoms with Crippen molar-refractivity contribution >= 4 is 29.1 Å². The van der Waals surface area contributed by atoms with Crippen molar-refractivity contribution in [2.75, 3.05) is 18.5 Å². The maximum absolute atomic E-state index is 12.0. The number of carbonyl (C=O) groups is 1. The van der Waals surface area contributed by atoms with Gasteiger partial charge in [0.2, 0.25) is 0 Å². The van der Waals surface area contributed by atoms with Crippen molar-refractivity contribution in [3.63, 3.8) is 0 Å². The van der Waals surface area contributed by atoms with Gasteiger partial charge in [0.1, 0.15) is 12.2 Å². The molecule has 3 aromatic rings. The first-order valence-electron chi connectivity index (χ1n) is 9.62. The van der Waals surface area contributed by atoms with Crippen LogP contribution in [0.1, 0.15) is 25.0 Å². The Morgan fingerprint density at radius 3 is 2.33 bits per heavy atom. The third-order valence-electron chi connectivity index (χ3n) is 4.25. The Morgan fingerprint density at radius 2 is 1.70 bits per heavy atom. The maximum atomic E-state index is 12.0. The highest BCUT2D eigenvalue weighted by molar-refractivity contribution is 6.38. The minimum Gasteiger partial charge on any atom is -0.464 e. The van der Waals surface area contributed by atoms with Gasteiger partial charge in [-0.25, -0.2) is 0 Å². The Labute approximate surface area is 180 Å². The molecule has 0 saturated carbocycles. The number of hydrogen-bond donors (Lipinski definition) is 2. The van der Waals surface area contributed by atoms with E-state index in [-0.39, 0.29) is 24.0 Å². The molecule has 1 aromatic heterocycles. The lowest BCUT2D eigenvalue weighted by molar-refractivity contribution is -0.142. The molecule has 0 fully saturated rings. The number of hydrogen-bond acceptors (Lipinski definition) is 6. The molecule has 0 radical (unpaired) electrons. The van der Waals surface area contributed by atoms with Crippen molar-refractivity contribution in [3.05, 3.63) is 76.8 Å². The summed E-state index contributed by atoms with van der Waals surface area (Å²) in [6.07, 6.45) is 0. The molecule has 0 unspecified atom stereocenters. The van der Waals surface area contributed by atoms with Crippen molar-refractivity contribution in [1.82, 2.24) is 10.2 Å². The molecule has 0 bridgehead atoms. The molecule has 2 aromatic carbocycles. The van der Waals surface area contributed by atoms with Gasteiger partial charge in [-0.2, -0.15) is 0 Å². The predicted molar refractivity (Wildman–Crippen MR) is 119 cm³/mol. The van der Waals surface area contributed by atoms with Crippen LogP contribution in [-0.2, 0) is 9.53 Å². The van der Waals surface area contributed by atoms with E-state index in [0.717, 1.165) is 5.56 Å². The molecule has 0 atom stereocenters. The van der Waals surface area contributed by atoms with Crippen LogP contribution >= 0.6 is 11.6 Å². The van der Waals surface area contributed by atoms with E-state index in [0.29, 0.717) is 28.5 Å². The quantitative estimate of drug-likeness (QED) is 0.401. The molecular weight excluding hydrogens is 400 g/mol. The normalized spacial score (nSPS) is 10.7. The molecule has 0 saturated heterocycles. The first kappa shape index (κ1) is 21.5. The number of benzene rings is 2. The molecule has 2 N–H and O–H groups in total. The van der Waals surface area contributed by atoms with Gasteiger partial charge in [0.05, 0.1) is 22.9 Å². The fourth-order valence-electron chi connectivity index (χ4n) is 2.76. The molecule has 0 aliphatic carbocycles. The largest absolute Gasteiger partial charge is 0.464 e. The Hall–Kier alpha value is -3.25. The van der Waals surface area contributed by atoms with Crippen LogP contribution in [0.3, 0.4) is 0 Å². The van der Waals surface area contributed by atoms with Gasteiger partial charge >= 0.3 is 5.97 Å². The lowest BCUT2D eigenvalue weighted by atomic mass is 10.0. The fraction of sp³-hybridized carbons (Fsp3) is 0.217. The van der Waals surface area contributed by atoms with Crippen LogP contribution in [0, 0.1) is 11.3 Å². The molecule has 0 aliphatic heterocycles. The van der Waals surface area contributed by atoms with Gasteiger partial charge < -0.3 is 10.1 Å². The van der Waals surface area contributed by atoms with E-state index in [9.17, 15) is 4.79 Å². The fourth-order valence-corrected chi connectivity index (χ4v) is 3.10. The minimum absolute atomic E-state index is 0.0997. The molecule has 0 aliphatic rings. The monoisotopic (exact) mass is 422 g/mol. The van der Waals surface area contributed by atoms with E-state index in [1.807, 2.05) is 74.5 Å². The van der Waals surface area contributed by atoms with E-state index < -0.39 is 5.97 Å². The van der Waals surface area contributed by atoms with E-state index in [1.165, 1.54) is 0 Å². The van der Waals surface area contributed by atoms with Crippen LogP contribution in [-0.4, -0.2) is 35.0 Å². The number of anilines is 1. The summed E-state index contributed by atoms with van der Waals surface area (Å²) in [6.45, 7) is 4.17. The third-order valence-corrected chi connectivity index (χ3v) is 4.62. The highest BCUT2D eigenvalue weighted by Crippen LogP contribution is 2.33. The lowest BCUT2D eigenvalue weighted by Gasteiger charge is -2.15. The third kappa shape index (κ3) is 5.21. The van der Waals surface area contributed by atoms with Gasteiger partial charge in [-0.1, -0.05) is 86.1 Å². The lowest BCUT2D eigenvalue weighted by Crippen LogP contribution is -2.21. The zero-order chi connectivity index (χ0) is 21.5. The van der Waals surface area contributed by atoms with E-state index in [4.69, 9.17) is 21.7 Å². The van der Waals surface area contributed by atoms with Crippen molar-refractivity contribution < 1.29 is 9.53 Å². The number of carbonyl (C=O) groups excluding carboxylic acids is 1. The van der Waals surface area contributed by atoms with Crippen molar-refractivity contribution in [1.29, 1.82) is 5.41 Å². The molecule has 0 spiro atoms. The van der Waals surface area contributed by atoms with Crippen molar-refractivity contribution in [2.24, 2.45) is 5.92 Å². The summed E-state index contributed by atoms with van der Waals surface area (Å²) in [7, 11) is 0. The average Bonchev–Trinajstić information content (AvgIpc) is 2.77. The molecule has 30 heavy (non-hydrogen) atoms. The summed E-state index contributed by atoms with van der Waals surface area (Å²) in [6, 6.07) is 18.6. The second kappa shape index (κ2) is 9.98. The van der Waals surface area contributed by atoms with Crippen LogP contribution in [0.15, 0.2) is 60.7 Å². The summed E-state index contributed by atoms with van der Waals surface area (Å²) in [5, 5.41) is 20.4. The molecular formula is C23H23ClN4O2. The zero-order valence-electron chi connectivity index (χ0n) is 16.9. The summed E-state index contributed by atoms with van der Waals surface area (Å²) in [5.41, 5.74) is 2.51. The van der Waals surface area contributed by atoms with Gasteiger partial charge in [0.25, 0.3) is 0 Å². The summed E-state index contributed by atoms with van der Waals surface area (Å²) < 4.78 is 5.20. The van der Waals surface area contributed by atoms with Crippen LogP contribution in [0.25, 0.3) is 11.3 Å². The van der Waals surface area contributed by atoms with Crippen molar-refractivity contribution in [3.8, 4) is 11.3 Å². The standard InChI is InChI=1S/C23H23ClN4O2/c1-15(2)14-30-18(29)13-26-23-19(21(25)16-9-5-3-6-10-16)20(24)22(27-28-23)17-11-7-4-8-12-17/h3-12,15,25H,13-14H2,1-2H3,(H,26,28). The Bertz CT molecular complexity index is 1020. The number of esters is 1. The highest BCUT2D eigenvalue weighted by Gasteiger charge is 2.21. The Kier molecular flexibility index (Phi) is 7.14. The van der Waals surface area contributed by atoms with Gasteiger partial charge in [-0.15, -0.1) is 10.2 Å². The minimum atomic E-state index is -0.411. The van der Waals surface area contributed by atoms with Gasteiger partial charge in [-0.05, 0) is 5.92 Å². The second-order valence-corrected chi connectivity index (χ2v) is 7.50. The Balaban J connectivity index is 1.96.